The molecule has 8 heteroatoms. The average molecular weight is 323 g/mol. The summed E-state index contributed by atoms with van der Waals surface area (Å²) in [6, 6.07) is 6.76. The summed E-state index contributed by atoms with van der Waals surface area (Å²) in [5.74, 6) is 2.24. The first kappa shape index (κ1) is 15.8. The van der Waals surface area contributed by atoms with Crippen molar-refractivity contribution >= 4 is 23.6 Å². The molecule has 0 aliphatic carbocycles. The fraction of sp³-hybridized carbons (Fsp3) is 0.214. The molecule has 0 amide bonds. The number of benzene rings is 1. The Morgan fingerprint density at radius 3 is 2.23 bits per heavy atom. The summed E-state index contributed by atoms with van der Waals surface area (Å²) in [5.41, 5.74) is 3.41. The van der Waals surface area contributed by atoms with Gasteiger partial charge in [-0.1, -0.05) is 11.6 Å². The van der Waals surface area contributed by atoms with Gasteiger partial charge in [0.15, 0.2) is 11.0 Å². The lowest BCUT2D eigenvalue weighted by Gasteiger charge is -2.12. The smallest absolute Gasteiger partial charge is 0.168 e. The Balaban J connectivity index is 2.23. The van der Waals surface area contributed by atoms with Crippen molar-refractivity contribution in [3.05, 3.63) is 35.0 Å². The molecule has 0 aliphatic heterocycles. The summed E-state index contributed by atoms with van der Waals surface area (Å²) < 4.78 is 15.8. The van der Waals surface area contributed by atoms with E-state index in [1.54, 1.807) is 51.8 Å². The molecule has 1 aromatic heterocycles. The minimum Gasteiger partial charge on any atom is -0.496 e. The number of anilines is 1. The third-order valence-corrected chi connectivity index (χ3v) is 2.96. The Bertz CT molecular complexity index is 637. The van der Waals surface area contributed by atoms with Crippen LogP contribution in [0.15, 0.2) is 29.4 Å². The number of rotatable bonds is 6. The minimum atomic E-state index is 0.313. The van der Waals surface area contributed by atoms with E-state index in [9.17, 15) is 0 Å². The van der Waals surface area contributed by atoms with Crippen LogP contribution in [-0.2, 0) is 0 Å². The molecule has 2 rings (SSSR count). The summed E-state index contributed by atoms with van der Waals surface area (Å²) in [7, 11) is 4.69. The lowest BCUT2D eigenvalue weighted by atomic mass is 10.2. The second-order valence-electron chi connectivity index (χ2n) is 4.06. The summed E-state index contributed by atoms with van der Waals surface area (Å²) in [6.45, 7) is 0. The van der Waals surface area contributed by atoms with Gasteiger partial charge >= 0.3 is 0 Å². The molecule has 0 radical (unpaired) electrons. The molecule has 0 bridgehead atoms. The van der Waals surface area contributed by atoms with Crippen LogP contribution >= 0.6 is 11.6 Å². The lowest BCUT2D eigenvalue weighted by Crippen LogP contribution is -2.00. The second kappa shape index (κ2) is 7.46. The van der Waals surface area contributed by atoms with Gasteiger partial charge in [0.05, 0.1) is 33.1 Å². The van der Waals surface area contributed by atoms with Gasteiger partial charge in [-0.2, -0.15) is 5.10 Å². The number of hydrogen-bond acceptors (Lipinski definition) is 7. The van der Waals surface area contributed by atoms with Crippen molar-refractivity contribution in [2.75, 3.05) is 26.8 Å². The Morgan fingerprint density at radius 2 is 1.73 bits per heavy atom. The maximum absolute atomic E-state index is 5.66. The predicted molar refractivity (Wildman–Crippen MR) is 84.4 cm³/mol. The Kier molecular flexibility index (Phi) is 5.37. The van der Waals surface area contributed by atoms with Crippen molar-refractivity contribution < 1.29 is 14.2 Å². The van der Waals surface area contributed by atoms with Gasteiger partial charge in [-0.15, -0.1) is 10.2 Å². The SMILES string of the molecule is COc1cc(OC)c(/C=N\Nc2ccc(Cl)nn2)c(OC)c1. The quantitative estimate of drug-likeness (QED) is 0.650. The summed E-state index contributed by atoms with van der Waals surface area (Å²) in [6.07, 6.45) is 1.56. The molecule has 1 heterocycles. The standard InChI is InChI=1S/C14H15ClN4O3/c1-20-9-6-11(21-2)10(12(7-9)22-3)8-16-18-14-5-4-13(15)17-19-14/h4-8H,1-3H3,(H,18,19)/b16-8-. The van der Waals surface area contributed by atoms with E-state index >= 15 is 0 Å². The molecule has 22 heavy (non-hydrogen) atoms. The van der Waals surface area contributed by atoms with Gasteiger partial charge < -0.3 is 14.2 Å². The van der Waals surface area contributed by atoms with Crippen molar-refractivity contribution in [3.63, 3.8) is 0 Å². The molecule has 0 aliphatic rings. The lowest BCUT2D eigenvalue weighted by molar-refractivity contribution is 0.374. The molecular weight excluding hydrogens is 308 g/mol. The molecule has 0 spiro atoms. The molecule has 0 unspecified atom stereocenters. The zero-order chi connectivity index (χ0) is 15.9. The molecule has 0 saturated heterocycles. The first-order chi connectivity index (χ1) is 10.7. The highest BCUT2D eigenvalue weighted by atomic mass is 35.5. The number of nitrogens with one attached hydrogen (secondary N) is 1. The first-order valence-electron chi connectivity index (χ1n) is 6.26. The van der Waals surface area contributed by atoms with E-state index in [0.717, 1.165) is 0 Å². The number of ether oxygens (including phenoxy) is 3. The van der Waals surface area contributed by atoms with Gasteiger partial charge in [-0.25, -0.2) is 0 Å². The van der Waals surface area contributed by atoms with Crippen molar-refractivity contribution in [1.29, 1.82) is 0 Å². The third kappa shape index (κ3) is 3.76. The highest BCUT2D eigenvalue weighted by Crippen LogP contribution is 2.32. The molecule has 0 saturated carbocycles. The van der Waals surface area contributed by atoms with Gasteiger partial charge in [0.25, 0.3) is 0 Å². The Morgan fingerprint density at radius 1 is 1.05 bits per heavy atom. The molecular formula is C14H15ClN4O3. The van der Waals surface area contributed by atoms with E-state index in [-0.39, 0.29) is 0 Å². The normalized spacial score (nSPS) is 10.5. The highest BCUT2D eigenvalue weighted by molar-refractivity contribution is 6.29. The number of hydrogen-bond donors (Lipinski definition) is 1. The molecule has 0 atom stereocenters. The van der Waals surface area contributed by atoms with Crippen molar-refractivity contribution in [1.82, 2.24) is 10.2 Å². The topological polar surface area (TPSA) is 77.9 Å². The number of hydrazone groups is 1. The molecule has 7 nitrogen and oxygen atoms in total. The van der Waals surface area contributed by atoms with Crippen LogP contribution in [-0.4, -0.2) is 37.7 Å². The van der Waals surface area contributed by atoms with E-state index in [1.807, 2.05) is 0 Å². The molecule has 2 aromatic rings. The van der Waals surface area contributed by atoms with Gasteiger partial charge in [0, 0.05) is 12.1 Å². The van der Waals surface area contributed by atoms with Crippen LogP contribution in [0.4, 0.5) is 5.82 Å². The molecule has 1 N–H and O–H groups in total. The van der Waals surface area contributed by atoms with Crippen molar-refractivity contribution in [2.24, 2.45) is 5.10 Å². The van der Waals surface area contributed by atoms with Crippen LogP contribution in [0, 0.1) is 0 Å². The highest BCUT2D eigenvalue weighted by Gasteiger charge is 2.11. The van der Waals surface area contributed by atoms with E-state index in [1.165, 1.54) is 0 Å². The first-order valence-corrected chi connectivity index (χ1v) is 6.64. The van der Waals surface area contributed by atoms with Crippen LogP contribution in [0.5, 0.6) is 17.2 Å². The average Bonchev–Trinajstić information content (AvgIpc) is 2.56. The fourth-order valence-electron chi connectivity index (χ4n) is 1.70. The van der Waals surface area contributed by atoms with Gasteiger partial charge in [0.1, 0.15) is 17.2 Å². The molecule has 116 valence electrons. The van der Waals surface area contributed by atoms with Gasteiger partial charge in [-0.3, -0.25) is 5.43 Å². The zero-order valence-corrected chi connectivity index (χ0v) is 13.1. The second-order valence-corrected chi connectivity index (χ2v) is 4.44. The molecule has 1 aromatic carbocycles. The van der Waals surface area contributed by atoms with Crippen LogP contribution in [0.3, 0.4) is 0 Å². The van der Waals surface area contributed by atoms with E-state index in [0.29, 0.717) is 33.8 Å². The monoisotopic (exact) mass is 322 g/mol. The predicted octanol–water partition coefficient (Wildman–Crippen LogP) is 2.60. The van der Waals surface area contributed by atoms with Crippen LogP contribution in [0.25, 0.3) is 0 Å². The van der Waals surface area contributed by atoms with E-state index < -0.39 is 0 Å². The van der Waals surface area contributed by atoms with E-state index in [2.05, 4.69) is 20.7 Å². The maximum Gasteiger partial charge on any atom is 0.168 e. The zero-order valence-electron chi connectivity index (χ0n) is 12.3. The van der Waals surface area contributed by atoms with Crippen LogP contribution in [0.1, 0.15) is 5.56 Å². The number of methoxy groups -OCH3 is 3. The third-order valence-electron chi connectivity index (χ3n) is 2.76. The Labute approximate surface area is 132 Å². The summed E-state index contributed by atoms with van der Waals surface area (Å²) in [5, 5.41) is 11.9. The molecule has 0 fully saturated rings. The van der Waals surface area contributed by atoms with Crippen LogP contribution in [0.2, 0.25) is 5.15 Å². The van der Waals surface area contributed by atoms with Crippen molar-refractivity contribution in [3.8, 4) is 17.2 Å². The largest absolute Gasteiger partial charge is 0.496 e. The fourth-order valence-corrected chi connectivity index (χ4v) is 1.80. The van der Waals surface area contributed by atoms with Crippen LogP contribution < -0.4 is 19.6 Å². The van der Waals surface area contributed by atoms with Gasteiger partial charge in [-0.05, 0) is 12.1 Å². The number of nitrogens with zero attached hydrogens (tertiary/aromatic N) is 3. The summed E-state index contributed by atoms with van der Waals surface area (Å²) >= 11 is 5.66. The maximum atomic E-state index is 5.66. The number of aromatic nitrogens is 2. The number of halogens is 1. The Hall–Kier alpha value is -2.54. The minimum absolute atomic E-state index is 0.313. The van der Waals surface area contributed by atoms with E-state index in [4.69, 9.17) is 25.8 Å². The van der Waals surface area contributed by atoms with Gasteiger partial charge in [0.2, 0.25) is 0 Å². The van der Waals surface area contributed by atoms with Crippen molar-refractivity contribution in [2.45, 2.75) is 0 Å². The summed E-state index contributed by atoms with van der Waals surface area (Å²) in [4.78, 5) is 0.